The molecule has 3 amide bonds. The lowest BCUT2D eigenvalue weighted by molar-refractivity contribution is -0.146. The first-order chi connectivity index (χ1) is 14.3. The molecule has 0 spiro atoms. The number of rotatable bonds is 4. The van der Waals surface area contributed by atoms with Gasteiger partial charge in [0.2, 0.25) is 5.91 Å². The maximum Gasteiger partial charge on any atom is 0.313 e. The van der Waals surface area contributed by atoms with Crippen LogP contribution in [0.25, 0.3) is 0 Å². The fourth-order valence-electron chi connectivity index (χ4n) is 3.58. The van der Waals surface area contributed by atoms with E-state index in [0.29, 0.717) is 18.5 Å². The molecular weight excluding hydrogens is 394 g/mol. The van der Waals surface area contributed by atoms with Crippen molar-refractivity contribution in [2.75, 3.05) is 11.9 Å². The highest BCUT2D eigenvalue weighted by Crippen LogP contribution is 2.35. The first-order valence-electron chi connectivity index (χ1n) is 9.51. The highest BCUT2D eigenvalue weighted by Gasteiger charge is 2.34. The van der Waals surface area contributed by atoms with Gasteiger partial charge in [-0.15, -0.1) is 0 Å². The van der Waals surface area contributed by atoms with Crippen LogP contribution in [0.4, 0.5) is 14.5 Å². The van der Waals surface area contributed by atoms with Gasteiger partial charge in [0.05, 0.1) is 23.5 Å². The van der Waals surface area contributed by atoms with Gasteiger partial charge in [-0.2, -0.15) is 0 Å². The summed E-state index contributed by atoms with van der Waals surface area (Å²) in [5, 5.41) is 2.43. The predicted molar refractivity (Wildman–Crippen MR) is 106 cm³/mol. The van der Waals surface area contributed by atoms with Gasteiger partial charge in [0.15, 0.2) is 0 Å². The molecule has 3 N–H and O–H groups in total. The van der Waals surface area contributed by atoms with Gasteiger partial charge in [0.1, 0.15) is 0 Å². The molecule has 2 atom stereocenters. The molecule has 2 heterocycles. The van der Waals surface area contributed by atoms with Crippen LogP contribution in [0.2, 0.25) is 0 Å². The standard InChI is InChI=1S/C21H22F2N4O3/c1-12-5-6-17(13-3-2-4-14(7-13)18(22)23)27(11-12)21(30)20(29)26-16-8-15(19(24)28)9-25-10-16/h2-4,7-10,12,17-18H,5-6,11H2,1H3,(H2,24,28)(H,26,29)/t12-,17+/m0/s1. The zero-order valence-electron chi connectivity index (χ0n) is 16.3. The van der Waals surface area contributed by atoms with E-state index in [1.807, 2.05) is 6.92 Å². The molecule has 1 aromatic carbocycles. The van der Waals surface area contributed by atoms with Crippen LogP contribution in [0.3, 0.4) is 0 Å². The quantitative estimate of drug-likeness (QED) is 0.747. The second-order valence-corrected chi connectivity index (χ2v) is 7.41. The summed E-state index contributed by atoms with van der Waals surface area (Å²) in [6.07, 6.45) is 1.29. The SMILES string of the molecule is C[C@H]1CC[C@H](c2cccc(C(F)F)c2)N(C(=O)C(=O)Nc2cncc(C(N)=O)c2)C1. The van der Waals surface area contributed by atoms with Crippen molar-refractivity contribution >= 4 is 23.4 Å². The van der Waals surface area contributed by atoms with Gasteiger partial charge in [-0.25, -0.2) is 8.78 Å². The average molecular weight is 416 g/mol. The van der Waals surface area contributed by atoms with Crippen LogP contribution in [0.15, 0.2) is 42.7 Å². The number of benzene rings is 1. The summed E-state index contributed by atoms with van der Waals surface area (Å²) < 4.78 is 26.2. The van der Waals surface area contributed by atoms with Gasteiger partial charge in [-0.3, -0.25) is 19.4 Å². The number of hydrogen-bond donors (Lipinski definition) is 2. The van der Waals surface area contributed by atoms with Crippen molar-refractivity contribution in [3.05, 3.63) is 59.4 Å². The molecule has 2 aromatic rings. The zero-order valence-corrected chi connectivity index (χ0v) is 16.3. The van der Waals surface area contributed by atoms with Gasteiger partial charge < -0.3 is 16.0 Å². The lowest BCUT2D eigenvalue weighted by Gasteiger charge is -2.38. The third-order valence-electron chi connectivity index (χ3n) is 5.10. The molecule has 1 aliphatic rings. The summed E-state index contributed by atoms with van der Waals surface area (Å²) in [6.45, 7) is 2.29. The normalized spacial score (nSPS) is 18.9. The molecule has 7 nitrogen and oxygen atoms in total. The molecule has 9 heteroatoms. The summed E-state index contributed by atoms with van der Waals surface area (Å²) in [6, 6.07) is 6.77. The summed E-state index contributed by atoms with van der Waals surface area (Å²) >= 11 is 0. The van der Waals surface area contributed by atoms with E-state index < -0.39 is 30.2 Å². The van der Waals surface area contributed by atoms with E-state index in [9.17, 15) is 23.2 Å². The van der Waals surface area contributed by atoms with Crippen LogP contribution in [0.5, 0.6) is 0 Å². The Bertz CT molecular complexity index is 967. The minimum absolute atomic E-state index is 0.0912. The maximum atomic E-state index is 13.1. The number of carbonyl (C=O) groups excluding carboxylic acids is 3. The number of piperidine rings is 1. The number of likely N-dealkylation sites (tertiary alicyclic amines) is 1. The van der Waals surface area contributed by atoms with E-state index in [2.05, 4.69) is 10.3 Å². The Hall–Kier alpha value is -3.36. The molecule has 1 fully saturated rings. The lowest BCUT2D eigenvalue weighted by Crippen LogP contribution is -2.46. The number of pyridine rings is 1. The Labute approximate surface area is 172 Å². The Morgan fingerprint density at radius 2 is 1.97 bits per heavy atom. The Kier molecular flexibility index (Phi) is 6.39. The largest absolute Gasteiger partial charge is 0.366 e. The van der Waals surface area contributed by atoms with E-state index in [1.54, 1.807) is 6.07 Å². The van der Waals surface area contributed by atoms with Crippen molar-refractivity contribution in [2.24, 2.45) is 11.7 Å². The smallest absolute Gasteiger partial charge is 0.313 e. The minimum atomic E-state index is -2.62. The topological polar surface area (TPSA) is 105 Å². The molecule has 30 heavy (non-hydrogen) atoms. The highest BCUT2D eigenvalue weighted by atomic mass is 19.3. The number of nitrogens with two attached hydrogens (primary N) is 1. The molecule has 158 valence electrons. The fourth-order valence-corrected chi connectivity index (χ4v) is 3.58. The predicted octanol–water partition coefficient (Wildman–Crippen LogP) is 3.06. The van der Waals surface area contributed by atoms with Gasteiger partial charge in [0, 0.05) is 18.3 Å². The van der Waals surface area contributed by atoms with Crippen LogP contribution in [0.1, 0.15) is 53.7 Å². The van der Waals surface area contributed by atoms with Crippen molar-refractivity contribution in [3.63, 3.8) is 0 Å². The Morgan fingerprint density at radius 3 is 2.67 bits per heavy atom. The van der Waals surface area contributed by atoms with Crippen LogP contribution in [-0.2, 0) is 9.59 Å². The number of halogens is 2. The molecule has 1 aromatic heterocycles. The van der Waals surface area contributed by atoms with Crippen molar-refractivity contribution in [1.29, 1.82) is 0 Å². The average Bonchev–Trinajstić information content (AvgIpc) is 2.73. The summed E-state index contributed by atoms with van der Waals surface area (Å²) in [5.41, 5.74) is 5.89. The number of amides is 3. The Balaban J connectivity index is 1.82. The number of carbonyl (C=O) groups is 3. The van der Waals surface area contributed by atoms with E-state index >= 15 is 0 Å². The highest BCUT2D eigenvalue weighted by molar-refractivity contribution is 6.39. The Morgan fingerprint density at radius 1 is 1.20 bits per heavy atom. The van der Waals surface area contributed by atoms with Gasteiger partial charge in [0.25, 0.3) is 6.43 Å². The molecule has 0 bridgehead atoms. The maximum absolute atomic E-state index is 13.1. The number of nitrogens with zero attached hydrogens (tertiary/aromatic N) is 2. The van der Waals surface area contributed by atoms with E-state index in [1.165, 1.54) is 41.6 Å². The third kappa shape index (κ3) is 4.79. The second-order valence-electron chi connectivity index (χ2n) is 7.41. The van der Waals surface area contributed by atoms with Gasteiger partial charge >= 0.3 is 11.8 Å². The number of hydrogen-bond acceptors (Lipinski definition) is 4. The minimum Gasteiger partial charge on any atom is -0.366 e. The van der Waals surface area contributed by atoms with E-state index in [-0.39, 0.29) is 22.7 Å². The van der Waals surface area contributed by atoms with Crippen LogP contribution < -0.4 is 11.1 Å². The van der Waals surface area contributed by atoms with E-state index in [4.69, 9.17) is 5.73 Å². The zero-order chi connectivity index (χ0) is 21.8. The molecule has 3 rings (SSSR count). The number of alkyl halides is 2. The van der Waals surface area contributed by atoms with Gasteiger partial charge in [-0.05, 0) is 36.5 Å². The number of anilines is 1. The third-order valence-corrected chi connectivity index (χ3v) is 5.10. The molecule has 0 radical (unpaired) electrons. The van der Waals surface area contributed by atoms with Gasteiger partial charge in [-0.1, -0.05) is 25.1 Å². The molecular formula is C21H22F2N4O3. The molecule has 0 aliphatic carbocycles. The number of primary amides is 1. The van der Waals surface area contributed by atoms with Crippen LogP contribution >= 0.6 is 0 Å². The van der Waals surface area contributed by atoms with Crippen molar-refractivity contribution in [1.82, 2.24) is 9.88 Å². The van der Waals surface area contributed by atoms with Crippen LogP contribution in [0, 0.1) is 5.92 Å². The monoisotopic (exact) mass is 416 g/mol. The number of nitrogens with one attached hydrogen (secondary N) is 1. The first-order valence-corrected chi connectivity index (χ1v) is 9.51. The van der Waals surface area contributed by atoms with Crippen molar-refractivity contribution in [3.8, 4) is 0 Å². The van der Waals surface area contributed by atoms with Crippen molar-refractivity contribution in [2.45, 2.75) is 32.2 Å². The molecule has 0 saturated carbocycles. The molecule has 1 aliphatic heterocycles. The first kappa shape index (κ1) is 21.4. The summed E-state index contributed by atoms with van der Waals surface area (Å²) in [4.78, 5) is 42.0. The fraction of sp³-hybridized carbons (Fsp3) is 0.333. The van der Waals surface area contributed by atoms with Crippen LogP contribution in [-0.4, -0.2) is 34.2 Å². The lowest BCUT2D eigenvalue weighted by atomic mass is 9.89. The summed E-state index contributed by atoms with van der Waals surface area (Å²) in [5.74, 6) is -2.23. The molecule has 0 unspecified atom stereocenters. The second kappa shape index (κ2) is 8.98. The summed E-state index contributed by atoms with van der Waals surface area (Å²) in [7, 11) is 0. The van der Waals surface area contributed by atoms with E-state index in [0.717, 1.165) is 6.42 Å². The van der Waals surface area contributed by atoms with Crippen molar-refractivity contribution < 1.29 is 23.2 Å². The molecule has 1 saturated heterocycles. The number of aromatic nitrogens is 1.